The summed E-state index contributed by atoms with van der Waals surface area (Å²) in [5.41, 5.74) is 7.65. The first-order chi connectivity index (χ1) is 15.9. The zero-order valence-electron chi connectivity index (χ0n) is 20.2. The number of aryl methyl sites for hydroxylation is 1. The Hall–Kier alpha value is -3.59. The van der Waals surface area contributed by atoms with Crippen molar-refractivity contribution in [2.45, 2.75) is 46.6 Å². The normalized spacial score (nSPS) is 11.5. The monoisotopic (exact) mass is 438 g/mol. The molecule has 0 aliphatic carbocycles. The predicted octanol–water partition coefficient (Wildman–Crippen LogP) is 8.00. The van der Waals surface area contributed by atoms with Gasteiger partial charge in [0, 0.05) is 23.5 Å². The van der Waals surface area contributed by atoms with Crippen LogP contribution < -0.4 is 5.32 Å². The highest BCUT2D eigenvalue weighted by Gasteiger charge is 2.30. The Kier molecular flexibility index (Phi) is 7.89. The number of nitrogens with one attached hydrogen (secondary N) is 1. The Balaban J connectivity index is 2.44. The molecular formula is C30H34N2O. The number of hydrogen-bond donors (Lipinski definition) is 1. The van der Waals surface area contributed by atoms with E-state index in [0.29, 0.717) is 0 Å². The molecule has 0 aliphatic rings. The van der Waals surface area contributed by atoms with Crippen LogP contribution in [0.3, 0.4) is 0 Å². The van der Waals surface area contributed by atoms with Crippen molar-refractivity contribution in [1.29, 1.82) is 0 Å². The summed E-state index contributed by atoms with van der Waals surface area (Å²) in [6.45, 7) is 17.4. The van der Waals surface area contributed by atoms with Gasteiger partial charge in [-0.05, 0) is 48.1 Å². The van der Waals surface area contributed by atoms with Crippen molar-refractivity contribution >= 4 is 17.2 Å². The van der Waals surface area contributed by atoms with Crippen LogP contribution in [-0.2, 0) is 6.54 Å². The summed E-state index contributed by atoms with van der Waals surface area (Å²) in [5.74, 6) is 0.0562. The average Bonchev–Trinajstić information content (AvgIpc) is 3.13. The number of carbonyl (C=O) groups excluding carboxylic acids is 1. The Morgan fingerprint density at radius 2 is 1.73 bits per heavy atom. The van der Waals surface area contributed by atoms with Crippen molar-refractivity contribution in [3.63, 3.8) is 0 Å². The maximum absolute atomic E-state index is 13.9. The van der Waals surface area contributed by atoms with Crippen molar-refractivity contribution < 1.29 is 4.79 Å². The third-order valence-corrected chi connectivity index (χ3v) is 5.76. The number of para-hydroxylation sites is 1. The topological polar surface area (TPSA) is 34.0 Å². The molecule has 2 aromatic carbocycles. The van der Waals surface area contributed by atoms with Crippen LogP contribution in [-0.4, -0.2) is 10.5 Å². The van der Waals surface area contributed by atoms with Crippen LogP contribution in [0.4, 0.5) is 5.69 Å². The molecule has 3 rings (SSSR count). The predicted molar refractivity (Wildman–Crippen MR) is 142 cm³/mol. The summed E-state index contributed by atoms with van der Waals surface area (Å²) in [4.78, 5) is 13.9. The quantitative estimate of drug-likeness (QED) is 0.337. The second-order valence-corrected chi connectivity index (χ2v) is 8.49. The molecule has 3 aromatic rings. The fraction of sp³-hybridized carbons (Fsp3) is 0.233. The van der Waals surface area contributed by atoms with Crippen LogP contribution in [0.1, 0.15) is 60.4 Å². The second-order valence-electron chi connectivity index (χ2n) is 8.49. The van der Waals surface area contributed by atoms with Gasteiger partial charge in [-0.3, -0.25) is 4.79 Å². The van der Waals surface area contributed by atoms with Crippen molar-refractivity contribution in [3.05, 3.63) is 108 Å². The Bertz CT molecular complexity index is 1180. The zero-order chi connectivity index (χ0) is 24.0. The van der Waals surface area contributed by atoms with Gasteiger partial charge in [0.15, 0.2) is 0 Å². The maximum Gasteiger partial charge on any atom is 0.258 e. The smallest absolute Gasteiger partial charge is 0.258 e. The minimum absolute atomic E-state index is 0.0960. The number of amides is 1. The third-order valence-electron chi connectivity index (χ3n) is 5.76. The fourth-order valence-electron chi connectivity index (χ4n) is 4.42. The van der Waals surface area contributed by atoms with Gasteiger partial charge in [0.2, 0.25) is 0 Å². The van der Waals surface area contributed by atoms with E-state index in [1.165, 1.54) is 0 Å². The first kappa shape index (κ1) is 24.1. The Morgan fingerprint density at radius 3 is 2.30 bits per heavy atom. The molecule has 0 spiro atoms. The summed E-state index contributed by atoms with van der Waals surface area (Å²) in [6.07, 6.45) is 6.56. The molecule has 0 saturated carbocycles. The second kappa shape index (κ2) is 10.8. The van der Waals surface area contributed by atoms with E-state index in [0.717, 1.165) is 57.9 Å². The highest BCUT2D eigenvalue weighted by atomic mass is 16.1. The van der Waals surface area contributed by atoms with Crippen molar-refractivity contribution in [2.75, 3.05) is 5.32 Å². The summed E-state index contributed by atoms with van der Waals surface area (Å²) < 4.78 is 2.31. The van der Waals surface area contributed by atoms with Gasteiger partial charge in [0.25, 0.3) is 5.91 Å². The van der Waals surface area contributed by atoms with Crippen molar-refractivity contribution in [3.8, 4) is 11.1 Å². The Labute approximate surface area is 198 Å². The molecule has 33 heavy (non-hydrogen) atoms. The maximum atomic E-state index is 13.9. The SMILES string of the molecule is C=C/C=C(\C=C)c1c(-c2ccccc2C)c(C(=O)Nc2ccccc2)c(C(C)C)n1CCC. The molecule has 0 unspecified atom stereocenters. The van der Waals surface area contributed by atoms with Crippen LogP contribution >= 0.6 is 0 Å². The van der Waals surface area contributed by atoms with Gasteiger partial charge >= 0.3 is 0 Å². The molecule has 1 N–H and O–H groups in total. The third kappa shape index (κ3) is 4.93. The molecule has 1 aromatic heterocycles. The van der Waals surface area contributed by atoms with Gasteiger partial charge in [-0.25, -0.2) is 0 Å². The van der Waals surface area contributed by atoms with Crippen molar-refractivity contribution in [2.24, 2.45) is 0 Å². The molecule has 170 valence electrons. The molecular weight excluding hydrogens is 404 g/mol. The van der Waals surface area contributed by atoms with Gasteiger partial charge in [-0.2, -0.15) is 0 Å². The van der Waals surface area contributed by atoms with E-state index in [1.54, 1.807) is 6.08 Å². The summed E-state index contributed by atoms with van der Waals surface area (Å²) in [7, 11) is 0. The van der Waals surface area contributed by atoms with E-state index in [9.17, 15) is 4.79 Å². The number of nitrogens with zero attached hydrogens (tertiary/aromatic N) is 1. The minimum atomic E-state index is -0.0960. The van der Waals surface area contributed by atoms with E-state index in [2.05, 4.69) is 62.9 Å². The molecule has 0 atom stereocenters. The van der Waals surface area contributed by atoms with E-state index in [-0.39, 0.29) is 11.8 Å². The van der Waals surface area contributed by atoms with Crippen LogP contribution in [0.25, 0.3) is 16.7 Å². The van der Waals surface area contributed by atoms with Crippen LogP contribution in [0.5, 0.6) is 0 Å². The summed E-state index contributed by atoms with van der Waals surface area (Å²) in [5, 5.41) is 3.14. The van der Waals surface area contributed by atoms with Crippen LogP contribution in [0.2, 0.25) is 0 Å². The first-order valence-electron chi connectivity index (χ1n) is 11.6. The lowest BCUT2D eigenvalue weighted by atomic mass is 9.91. The van der Waals surface area contributed by atoms with Crippen molar-refractivity contribution in [1.82, 2.24) is 4.57 Å². The lowest BCUT2D eigenvalue weighted by molar-refractivity contribution is 0.102. The number of carbonyl (C=O) groups is 1. The fourth-order valence-corrected chi connectivity index (χ4v) is 4.42. The molecule has 3 nitrogen and oxygen atoms in total. The van der Waals surface area contributed by atoms with E-state index in [1.807, 2.05) is 54.6 Å². The van der Waals surface area contributed by atoms with Gasteiger partial charge < -0.3 is 9.88 Å². The molecule has 0 saturated heterocycles. The zero-order valence-corrected chi connectivity index (χ0v) is 20.2. The van der Waals surface area contributed by atoms with Gasteiger partial charge in [0.1, 0.15) is 0 Å². The van der Waals surface area contributed by atoms with E-state index in [4.69, 9.17) is 0 Å². The number of benzene rings is 2. The van der Waals surface area contributed by atoms with E-state index >= 15 is 0 Å². The number of aromatic nitrogens is 1. The molecule has 1 heterocycles. The van der Waals surface area contributed by atoms with Crippen LogP contribution in [0.15, 0.2) is 86.0 Å². The molecule has 1 amide bonds. The van der Waals surface area contributed by atoms with Crippen LogP contribution in [0, 0.1) is 6.92 Å². The number of anilines is 1. The lowest BCUT2D eigenvalue weighted by Gasteiger charge is -2.17. The number of rotatable bonds is 9. The number of allylic oxidation sites excluding steroid dienone is 4. The molecule has 0 aliphatic heterocycles. The molecule has 0 bridgehead atoms. The van der Waals surface area contributed by atoms with Gasteiger partial charge in [0.05, 0.1) is 11.3 Å². The first-order valence-corrected chi connectivity index (χ1v) is 11.6. The summed E-state index contributed by atoms with van der Waals surface area (Å²) >= 11 is 0. The molecule has 0 radical (unpaired) electrons. The highest BCUT2D eigenvalue weighted by Crippen LogP contribution is 2.41. The molecule has 0 fully saturated rings. The Morgan fingerprint density at radius 1 is 1.06 bits per heavy atom. The number of hydrogen-bond acceptors (Lipinski definition) is 1. The largest absolute Gasteiger partial charge is 0.343 e. The standard InChI is InChI=1S/C30H34N2O/c1-7-15-23(9-3)29-26(25-19-14-13-16-22(25)6)27(28(21(4)5)32(29)20-8-2)30(33)31-24-17-11-10-12-18-24/h7,9-19,21H,1,3,8,20H2,2,4-6H3,(H,31,33)/b23-15+. The average molecular weight is 439 g/mol. The van der Waals surface area contributed by atoms with Gasteiger partial charge in [-0.1, -0.05) is 94.6 Å². The highest BCUT2D eigenvalue weighted by molar-refractivity contribution is 6.12. The summed E-state index contributed by atoms with van der Waals surface area (Å²) in [6, 6.07) is 17.9. The lowest BCUT2D eigenvalue weighted by Crippen LogP contribution is -2.16. The minimum Gasteiger partial charge on any atom is -0.343 e. The van der Waals surface area contributed by atoms with E-state index < -0.39 is 0 Å². The molecule has 3 heteroatoms. The van der Waals surface area contributed by atoms with Gasteiger partial charge in [-0.15, -0.1) is 0 Å².